The van der Waals surface area contributed by atoms with Crippen LogP contribution in [0.3, 0.4) is 0 Å². The van der Waals surface area contributed by atoms with Gasteiger partial charge in [-0.25, -0.2) is 4.79 Å². The standard InChI is InChI=1S/C9H12F3NO3S/c10-9(11,12)17-5-7(14)13-4-2-1-3-6(13)8(15)16/h6H,1-5H2,(H,15,16). The van der Waals surface area contributed by atoms with Crippen molar-refractivity contribution in [1.82, 2.24) is 4.90 Å². The fourth-order valence-corrected chi connectivity index (χ4v) is 2.17. The van der Waals surface area contributed by atoms with E-state index >= 15 is 0 Å². The Morgan fingerprint density at radius 2 is 2.00 bits per heavy atom. The van der Waals surface area contributed by atoms with Gasteiger partial charge in [-0.2, -0.15) is 13.2 Å². The highest BCUT2D eigenvalue weighted by Gasteiger charge is 2.35. The van der Waals surface area contributed by atoms with Gasteiger partial charge in [0.15, 0.2) is 0 Å². The Morgan fingerprint density at radius 1 is 1.35 bits per heavy atom. The summed E-state index contributed by atoms with van der Waals surface area (Å²) in [6, 6.07) is -0.981. The molecule has 4 nitrogen and oxygen atoms in total. The Labute approximate surface area is 100 Å². The normalized spacial score (nSPS) is 21.4. The number of piperidine rings is 1. The van der Waals surface area contributed by atoms with Crippen molar-refractivity contribution >= 4 is 23.6 Å². The molecular weight excluding hydrogens is 259 g/mol. The first kappa shape index (κ1) is 14.1. The van der Waals surface area contributed by atoms with E-state index in [1.54, 1.807) is 0 Å². The van der Waals surface area contributed by atoms with Crippen molar-refractivity contribution in [2.75, 3.05) is 12.3 Å². The van der Waals surface area contributed by atoms with Gasteiger partial charge in [-0.3, -0.25) is 4.79 Å². The van der Waals surface area contributed by atoms with E-state index in [1.165, 1.54) is 0 Å². The second kappa shape index (κ2) is 5.61. The van der Waals surface area contributed by atoms with Gasteiger partial charge in [0.1, 0.15) is 6.04 Å². The molecule has 1 rings (SSSR count). The first-order chi connectivity index (χ1) is 7.81. The molecular formula is C9H12F3NO3S. The second-order valence-corrected chi connectivity index (χ2v) is 4.71. The van der Waals surface area contributed by atoms with Crippen LogP contribution in [0.1, 0.15) is 19.3 Å². The summed E-state index contributed by atoms with van der Waals surface area (Å²) < 4.78 is 35.7. The molecule has 1 atom stereocenters. The van der Waals surface area contributed by atoms with Gasteiger partial charge in [0.2, 0.25) is 5.91 Å². The molecule has 0 bridgehead atoms. The molecule has 98 valence electrons. The molecule has 0 aromatic heterocycles. The average molecular weight is 271 g/mol. The fourth-order valence-electron chi connectivity index (χ4n) is 1.71. The molecule has 1 aliphatic rings. The highest BCUT2D eigenvalue weighted by atomic mass is 32.2. The summed E-state index contributed by atoms with van der Waals surface area (Å²) in [7, 11) is 0. The molecule has 0 saturated carbocycles. The topological polar surface area (TPSA) is 57.6 Å². The van der Waals surface area contributed by atoms with E-state index in [2.05, 4.69) is 0 Å². The van der Waals surface area contributed by atoms with Crippen molar-refractivity contribution in [2.45, 2.75) is 30.8 Å². The first-order valence-corrected chi connectivity index (χ1v) is 6.03. The number of hydrogen-bond donors (Lipinski definition) is 1. The molecule has 17 heavy (non-hydrogen) atoms. The molecule has 1 fully saturated rings. The molecule has 0 aliphatic carbocycles. The van der Waals surface area contributed by atoms with Crippen LogP contribution in [0.2, 0.25) is 0 Å². The van der Waals surface area contributed by atoms with Crippen LogP contribution in [0.5, 0.6) is 0 Å². The smallest absolute Gasteiger partial charge is 0.442 e. The lowest BCUT2D eigenvalue weighted by molar-refractivity contribution is -0.151. The number of nitrogens with zero attached hydrogens (tertiary/aromatic N) is 1. The van der Waals surface area contributed by atoms with Gasteiger partial charge in [-0.1, -0.05) is 0 Å². The van der Waals surface area contributed by atoms with Crippen LogP contribution in [0.15, 0.2) is 0 Å². The van der Waals surface area contributed by atoms with Crippen molar-refractivity contribution in [2.24, 2.45) is 0 Å². The van der Waals surface area contributed by atoms with Gasteiger partial charge in [-0.15, -0.1) is 0 Å². The summed E-state index contributed by atoms with van der Waals surface area (Å²) in [5.41, 5.74) is -4.47. The van der Waals surface area contributed by atoms with Crippen LogP contribution < -0.4 is 0 Å². The molecule has 1 saturated heterocycles. The van der Waals surface area contributed by atoms with E-state index in [-0.39, 0.29) is 6.54 Å². The molecule has 1 amide bonds. The molecule has 1 heterocycles. The lowest BCUT2D eigenvalue weighted by atomic mass is 10.0. The maximum atomic E-state index is 11.9. The monoisotopic (exact) mass is 271 g/mol. The average Bonchev–Trinajstić information content (AvgIpc) is 2.25. The number of hydrogen-bond acceptors (Lipinski definition) is 3. The van der Waals surface area contributed by atoms with E-state index in [1.807, 2.05) is 0 Å². The number of rotatable bonds is 3. The molecule has 1 N–H and O–H groups in total. The maximum absolute atomic E-state index is 11.9. The lowest BCUT2D eigenvalue weighted by Gasteiger charge is -2.32. The van der Waals surface area contributed by atoms with E-state index in [0.717, 1.165) is 4.90 Å². The highest BCUT2D eigenvalue weighted by Crippen LogP contribution is 2.30. The van der Waals surface area contributed by atoms with Crippen LogP contribution in [0.4, 0.5) is 13.2 Å². The van der Waals surface area contributed by atoms with Crippen molar-refractivity contribution in [3.8, 4) is 0 Å². The summed E-state index contributed by atoms with van der Waals surface area (Å²) in [5.74, 6) is -2.68. The zero-order chi connectivity index (χ0) is 13.1. The maximum Gasteiger partial charge on any atom is 0.442 e. The molecule has 1 unspecified atom stereocenters. The predicted molar refractivity (Wildman–Crippen MR) is 55.5 cm³/mol. The van der Waals surface area contributed by atoms with Gasteiger partial charge in [0, 0.05) is 6.54 Å². The second-order valence-electron chi connectivity index (χ2n) is 3.67. The Balaban J connectivity index is 2.56. The van der Waals surface area contributed by atoms with Crippen LogP contribution >= 0.6 is 11.8 Å². The van der Waals surface area contributed by atoms with E-state index < -0.39 is 40.9 Å². The minimum absolute atomic E-state index is 0.216. The Morgan fingerprint density at radius 3 is 2.53 bits per heavy atom. The van der Waals surface area contributed by atoms with Gasteiger partial charge >= 0.3 is 11.5 Å². The molecule has 8 heteroatoms. The minimum atomic E-state index is -4.47. The Kier molecular flexibility index (Phi) is 4.67. The largest absolute Gasteiger partial charge is 0.480 e. The fraction of sp³-hybridized carbons (Fsp3) is 0.778. The first-order valence-electron chi connectivity index (χ1n) is 5.04. The predicted octanol–water partition coefficient (Wildman–Crippen LogP) is 1.71. The van der Waals surface area contributed by atoms with E-state index in [0.29, 0.717) is 19.3 Å². The van der Waals surface area contributed by atoms with E-state index in [4.69, 9.17) is 5.11 Å². The number of likely N-dealkylation sites (tertiary alicyclic amines) is 1. The Hall–Kier alpha value is -0.920. The number of thioether (sulfide) groups is 1. The van der Waals surface area contributed by atoms with Gasteiger partial charge in [0.05, 0.1) is 5.75 Å². The number of carboxylic acids is 1. The number of halogens is 3. The quantitative estimate of drug-likeness (QED) is 0.849. The van der Waals surface area contributed by atoms with Crippen molar-refractivity contribution in [1.29, 1.82) is 0 Å². The van der Waals surface area contributed by atoms with Gasteiger partial charge in [-0.05, 0) is 31.0 Å². The molecule has 0 aromatic rings. The number of amides is 1. The summed E-state index contributed by atoms with van der Waals surface area (Å²) >= 11 is -0.435. The van der Waals surface area contributed by atoms with Crippen molar-refractivity contribution < 1.29 is 27.9 Å². The zero-order valence-electron chi connectivity index (χ0n) is 8.87. The third kappa shape index (κ3) is 4.45. The van der Waals surface area contributed by atoms with Gasteiger partial charge in [0.25, 0.3) is 0 Å². The Bertz CT molecular complexity index is 308. The summed E-state index contributed by atoms with van der Waals surface area (Å²) in [4.78, 5) is 23.4. The van der Waals surface area contributed by atoms with Crippen LogP contribution in [0.25, 0.3) is 0 Å². The minimum Gasteiger partial charge on any atom is -0.480 e. The summed E-state index contributed by atoms with van der Waals surface area (Å²) in [5, 5.41) is 8.86. The molecule has 0 aromatic carbocycles. The number of carbonyl (C=O) groups excluding carboxylic acids is 1. The summed E-state index contributed by atoms with van der Waals surface area (Å²) in [6.45, 7) is 0.216. The number of alkyl halides is 3. The highest BCUT2D eigenvalue weighted by molar-refractivity contribution is 8.00. The van der Waals surface area contributed by atoms with Crippen molar-refractivity contribution in [3.63, 3.8) is 0 Å². The number of carbonyl (C=O) groups is 2. The van der Waals surface area contributed by atoms with Gasteiger partial charge < -0.3 is 10.0 Å². The number of aliphatic carboxylic acids is 1. The third-order valence-electron chi connectivity index (χ3n) is 2.47. The lowest BCUT2D eigenvalue weighted by Crippen LogP contribution is -2.48. The van der Waals surface area contributed by atoms with Crippen LogP contribution in [-0.2, 0) is 9.59 Å². The van der Waals surface area contributed by atoms with Crippen LogP contribution in [-0.4, -0.2) is 45.7 Å². The third-order valence-corrected chi connectivity index (χ3v) is 3.19. The SMILES string of the molecule is O=C(O)C1CCCCN1C(=O)CSC(F)(F)F. The van der Waals surface area contributed by atoms with Crippen LogP contribution in [0, 0.1) is 0 Å². The molecule has 1 aliphatic heterocycles. The molecule has 0 radical (unpaired) electrons. The molecule has 0 spiro atoms. The number of carboxylic acid groups (broad SMARTS) is 1. The van der Waals surface area contributed by atoms with E-state index in [9.17, 15) is 22.8 Å². The van der Waals surface area contributed by atoms with Crippen molar-refractivity contribution in [3.05, 3.63) is 0 Å². The summed E-state index contributed by atoms with van der Waals surface area (Å²) in [6.07, 6.45) is 1.61. The zero-order valence-corrected chi connectivity index (χ0v) is 9.68.